The van der Waals surface area contributed by atoms with Crippen LogP contribution < -0.4 is 0 Å². The fourth-order valence-electron chi connectivity index (χ4n) is 0.959. The lowest BCUT2D eigenvalue weighted by molar-refractivity contribution is -0.141. The fourth-order valence-corrected chi connectivity index (χ4v) is 0.959. The summed E-state index contributed by atoms with van der Waals surface area (Å²) in [6, 6.07) is 0. The quantitative estimate of drug-likeness (QED) is 0.679. The first-order valence-electron chi connectivity index (χ1n) is 3.85. The first-order chi connectivity index (χ1) is 5.95. The lowest BCUT2D eigenvalue weighted by Crippen LogP contribution is -2.11. The molecule has 0 fully saturated rings. The molecule has 0 aliphatic rings. The maximum absolute atomic E-state index is 12.1. The number of aromatic nitrogens is 2. The van der Waals surface area contributed by atoms with E-state index in [1.54, 1.807) is 13.8 Å². The number of nitrogens with zero attached hydrogens (tertiary/aromatic N) is 2. The molecule has 0 aliphatic heterocycles. The van der Waals surface area contributed by atoms with Crippen molar-refractivity contribution in [1.82, 2.24) is 9.97 Å². The van der Waals surface area contributed by atoms with Gasteiger partial charge in [0.2, 0.25) is 0 Å². The van der Waals surface area contributed by atoms with Crippen LogP contribution in [0, 0.1) is 6.92 Å². The standard InChI is InChI=1S/C8H9F3N2/c1-3-6-5(2)12-4-7(13-6)8(9,10)11/h4H,3H2,1-2H3. The zero-order chi connectivity index (χ0) is 10.1. The molecule has 0 saturated carbocycles. The minimum absolute atomic E-state index is 0.398. The minimum atomic E-state index is -4.40. The number of hydrogen-bond donors (Lipinski definition) is 0. The summed E-state index contributed by atoms with van der Waals surface area (Å²) in [4.78, 5) is 7.11. The zero-order valence-electron chi connectivity index (χ0n) is 7.31. The molecule has 0 radical (unpaired) electrons. The van der Waals surface area contributed by atoms with E-state index in [4.69, 9.17) is 0 Å². The monoisotopic (exact) mass is 190 g/mol. The Morgan fingerprint density at radius 3 is 2.46 bits per heavy atom. The molecule has 1 aromatic rings. The lowest BCUT2D eigenvalue weighted by atomic mass is 10.2. The molecule has 0 amide bonds. The van der Waals surface area contributed by atoms with Crippen LogP contribution in [-0.4, -0.2) is 9.97 Å². The van der Waals surface area contributed by atoms with Gasteiger partial charge < -0.3 is 0 Å². The Morgan fingerprint density at radius 1 is 1.38 bits per heavy atom. The third-order valence-electron chi connectivity index (χ3n) is 1.68. The summed E-state index contributed by atoms with van der Waals surface area (Å²) >= 11 is 0. The van der Waals surface area contributed by atoms with E-state index in [9.17, 15) is 13.2 Å². The molecule has 0 N–H and O–H groups in total. The maximum atomic E-state index is 12.1. The van der Waals surface area contributed by atoms with E-state index in [1.165, 1.54) is 0 Å². The molecule has 0 spiro atoms. The number of aryl methyl sites for hydroxylation is 2. The van der Waals surface area contributed by atoms with Crippen molar-refractivity contribution in [2.75, 3.05) is 0 Å². The van der Waals surface area contributed by atoms with Gasteiger partial charge in [-0.2, -0.15) is 13.2 Å². The van der Waals surface area contributed by atoms with E-state index in [0.717, 1.165) is 6.20 Å². The summed E-state index contributed by atoms with van der Waals surface area (Å²) in [6.07, 6.45) is -3.18. The van der Waals surface area contributed by atoms with Gasteiger partial charge in [-0.05, 0) is 13.3 Å². The predicted molar refractivity (Wildman–Crippen MR) is 41.1 cm³/mol. The van der Waals surface area contributed by atoms with Crippen LogP contribution in [0.3, 0.4) is 0 Å². The van der Waals surface area contributed by atoms with Gasteiger partial charge in [-0.25, -0.2) is 4.98 Å². The van der Waals surface area contributed by atoms with Crippen LogP contribution in [0.5, 0.6) is 0 Å². The van der Waals surface area contributed by atoms with Crippen LogP contribution in [-0.2, 0) is 12.6 Å². The highest BCUT2D eigenvalue weighted by Crippen LogP contribution is 2.27. The average Bonchev–Trinajstić information content (AvgIpc) is 2.03. The van der Waals surface area contributed by atoms with Crippen LogP contribution in [0.2, 0.25) is 0 Å². The molecule has 1 rings (SSSR count). The maximum Gasteiger partial charge on any atom is 0.434 e. The van der Waals surface area contributed by atoms with Gasteiger partial charge in [-0.3, -0.25) is 4.98 Å². The topological polar surface area (TPSA) is 25.8 Å². The highest BCUT2D eigenvalue weighted by Gasteiger charge is 2.33. The van der Waals surface area contributed by atoms with Gasteiger partial charge in [0.05, 0.1) is 17.6 Å². The lowest BCUT2D eigenvalue weighted by Gasteiger charge is -2.07. The largest absolute Gasteiger partial charge is 0.434 e. The van der Waals surface area contributed by atoms with Crippen LogP contribution in [0.4, 0.5) is 13.2 Å². The van der Waals surface area contributed by atoms with E-state index in [0.29, 0.717) is 17.8 Å². The summed E-state index contributed by atoms with van der Waals surface area (Å²) in [5.74, 6) is 0. The molecular weight excluding hydrogens is 181 g/mol. The molecule has 0 aliphatic carbocycles. The summed E-state index contributed by atoms with van der Waals surface area (Å²) in [7, 11) is 0. The van der Waals surface area contributed by atoms with Crippen molar-refractivity contribution in [3.8, 4) is 0 Å². The van der Waals surface area contributed by atoms with Crippen molar-refractivity contribution >= 4 is 0 Å². The second-order valence-corrected chi connectivity index (χ2v) is 2.64. The van der Waals surface area contributed by atoms with Gasteiger partial charge in [0, 0.05) is 0 Å². The Morgan fingerprint density at radius 2 is 2.00 bits per heavy atom. The van der Waals surface area contributed by atoms with Gasteiger partial charge in [-0.1, -0.05) is 6.92 Å². The highest BCUT2D eigenvalue weighted by atomic mass is 19.4. The van der Waals surface area contributed by atoms with Crippen molar-refractivity contribution in [3.63, 3.8) is 0 Å². The second kappa shape index (κ2) is 3.32. The SMILES string of the molecule is CCc1nc(C(F)(F)F)cnc1C. The Kier molecular flexibility index (Phi) is 2.54. The average molecular weight is 190 g/mol. The first-order valence-corrected chi connectivity index (χ1v) is 3.85. The zero-order valence-corrected chi connectivity index (χ0v) is 7.31. The Labute approximate surface area is 73.8 Å². The molecule has 1 heterocycles. The molecule has 5 heteroatoms. The molecule has 72 valence electrons. The summed E-state index contributed by atoms with van der Waals surface area (Å²) in [6.45, 7) is 3.39. The van der Waals surface area contributed by atoms with E-state index >= 15 is 0 Å². The number of alkyl halides is 3. The number of halogens is 3. The van der Waals surface area contributed by atoms with E-state index in [-0.39, 0.29) is 0 Å². The van der Waals surface area contributed by atoms with Crippen molar-refractivity contribution in [2.24, 2.45) is 0 Å². The predicted octanol–water partition coefficient (Wildman–Crippen LogP) is 2.37. The molecule has 0 bridgehead atoms. The number of rotatable bonds is 1. The highest BCUT2D eigenvalue weighted by molar-refractivity contribution is 5.13. The van der Waals surface area contributed by atoms with Crippen LogP contribution >= 0.6 is 0 Å². The van der Waals surface area contributed by atoms with Crippen LogP contribution in [0.15, 0.2) is 6.20 Å². The molecule has 2 nitrogen and oxygen atoms in total. The Balaban J connectivity index is 3.14. The molecule has 0 saturated heterocycles. The van der Waals surface area contributed by atoms with E-state index < -0.39 is 11.9 Å². The van der Waals surface area contributed by atoms with E-state index in [2.05, 4.69) is 9.97 Å². The third kappa shape index (κ3) is 2.17. The second-order valence-electron chi connectivity index (χ2n) is 2.64. The molecular formula is C8H9F3N2. The van der Waals surface area contributed by atoms with Gasteiger partial charge in [0.15, 0.2) is 5.69 Å². The molecule has 0 unspecified atom stereocenters. The van der Waals surface area contributed by atoms with Crippen molar-refractivity contribution in [1.29, 1.82) is 0 Å². The van der Waals surface area contributed by atoms with Crippen molar-refractivity contribution < 1.29 is 13.2 Å². The summed E-state index contributed by atoms with van der Waals surface area (Å²) < 4.78 is 36.4. The first kappa shape index (κ1) is 9.95. The number of hydrogen-bond acceptors (Lipinski definition) is 2. The molecule has 0 atom stereocenters. The van der Waals surface area contributed by atoms with Gasteiger partial charge in [0.25, 0.3) is 0 Å². The summed E-state index contributed by atoms with van der Waals surface area (Å²) in [5, 5.41) is 0. The van der Waals surface area contributed by atoms with Gasteiger partial charge in [-0.15, -0.1) is 0 Å². The van der Waals surface area contributed by atoms with Crippen molar-refractivity contribution in [3.05, 3.63) is 23.3 Å². The summed E-state index contributed by atoms with van der Waals surface area (Å²) in [5.41, 5.74) is 0.0280. The molecule has 13 heavy (non-hydrogen) atoms. The molecule has 0 aromatic carbocycles. The van der Waals surface area contributed by atoms with Gasteiger partial charge in [0.1, 0.15) is 0 Å². The van der Waals surface area contributed by atoms with E-state index in [1.807, 2.05) is 0 Å². The smallest absolute Gasteiger partial charge is 0.257 e. The van der Waals surface area contributed by atoms with Crippen LogP contribution in [0.25, 0.3) is 0 Å². The van der Waals surface area contributed by atoms with Gasteiger partial charge >= 0.3 is 6.18 Å². The Hall–Kier alpha value is -1.13. The minimum Gasteiger partial charge on any atom is -0.257 e. The normalized spacial score (nSPS) is 11.8. The fraction of sp³-hybridized carbons (Fsp3) is 0.500. The van der Waals surface area contributed by atoms with Crippen molar-refractivity contribution in [2.45, 2.75) is 26.4 Å². The van der Waals surface area contributed by atoms with Crippen LogP contribution in [0.1, 0.15) is 24.0 Å². The third-order valence-corrected chi connectivity index (χ3v) is 1.68. The molecule has 1 aromatic heterocycles. The Bertz CT molecular complexity index is 307.